The first-order chi connectivity index (χ1) is 14.6. The molecule has 0 aliphatic heterocycles. The Morgan fingerprint density at radius 3 is 2.63 bits per heavy atom. The van der Waals surface area contributed by atoms with E-state index >= 15 is 0 Å². The van der Waals surface area contributed by atoms with Gasteiger partial charge in [-0.05, 0) is 43.4 Å². The van der Waals surface area contributed by atoms with Crippen molar-refractivity contribution in [2.75, 3.05) is 19.0 Å². The molecule has 1 fully saturated rings. The highest BCUT2D eigenvalue weighted by atomic mass is 32.1. The van der Waals surface area contributed by atoms with Crippen molar-refractivity contribution in [1.82, 2.24) is 15.6 Å². The van der Waals surface area contributed by atoms with Crippen molar-refractivity contribution >= 4 is 28.4 Å². The quantitative estimate of drug-likeness (QED) is 0.563. The van der Waals surface area contributed by atoms with Crippen LogP contribution >= 0.6 is 11.3 Å². The Morgan fingerprint density at radius 2 is 1.90 bits per heavy atom. The second-order valence-electron chi connectivity index (χ2n) is 7.53. The Kier molecular flexibility index (Phi) is 8.50. The fraction of sp³-hybridized carbons (Fsp3) is 0.500. The standard InChI is InChI=1S/C22H30N4O3S/c1-29-19-10-7-16(8-11-19)13-14-23-20(27)12-9-18-15-30-22(25-18)26-21(28)24-17-5-3-2-4-6-17/h7-8,10-11,15,17H,2-6,9,12-14H2,1H3,(H,23,27)(H2,24,25,26,28). The van der Waals surface area contributed by atoms with E-state index < -0.39 is 0 Å². The predicted octanol–water partition coefficient (Wildman–Crippen LogP) is 3.90. The van der Waals surface area contributed by atoms with Crippen molar-refractivity contribution in [3.8, 4) is 5.75 Å². The number of carbonyl (C=O) groups is 2. The molecule has 0 spiro atoms. The molecule has 1 aliphatic rings. The number of nitrogens with one attached hydrogen (secondary N) is 3. The van der Waals surface area contributed by atoms with E-state index in [-0.39, 0.29) is 18.0 Å². The number of urea groups is 1. The first-order valence-corrected chi connectivity index (χ1v) is 11.4. The number of rotatable bonds is 9. The number of amides is 3. The number of methoxy groups -OCH3 is 1. The van der Waals surface area contributed by atoms with E-state index in [1.54, 1.807) is 7.11 Å². The van der Waals surface area contributed by atoms with E-state index in [1.165, 1.54) is 30.6 Å². The van der Waals surface area contributed by atoms with Crippen LogP contribution in [0.1, 0.15) is 49.8 Å². The smallest absolute Gasteiger partial charge is 0.321 e. The predicted molar refractivity (Wildman–Crippen MR) is 119 cm³/mol. The van der Waals surface area contributed by atoms with Gasteiger partial charge >= 0.3 is 6.03 Å². The molecule has 3 N–H and O–H groups in total. The van der Waals surface area contributed by atoms with Gasteiger partial charge in [-0.15, -0.1) is 11.3 Å². The number of hydrogen-bond donors (Lipinski definition) is 3. The largest absolute Gasteiger partial charge is 0.497 e. The highest BCUT2D eigenvalue weighted by molar-refractivity contribution is 7.13. The van der Waals surface area contributed by atoms with Crippen LogP contribution in [0.25, 0.3) is 0 Å². The first-order valence-electron chi connectivity index (χ1n) is 10.5. The van der Waals surface area contributed by atoms with Crippen LogP contribution in [0.15, 0.2) is 29.6 Å². The zero-order valence-corrected chi connectivity index (χ0v) is 18.2. The Balaban J connectivity index is 1.32. The van der Waals surface area contributed by atoms with Crippen molar-refractivity contribution in [1.29, 1.82) is 0 Å². The van der Waals surface area contributed by atoms with Gasteiger partial charge < -0.3 is 15.4 Å². The normalized spacial score (nSPS) is 14.2. The molecule has 8 heteroatoms. The van der Waals surface area contributed by atoms with Crippen molar-refractivity contribution in [3.63, 3.8) is 0 Å². The average Bonchev–Trinajstić information content (AvgIpc) is 3.20. The summed E-state index contributed by atoms with van der Waals surface area (Å²) in [5.74, 6) is 0.826. The molecule has 7 nitrogen and oxygen atoms in total. The van der Waals surface area contributed by atoms with Gasteiger partial charge in [-0.3, -0.25) is 10.1 Å². The highest BCUT2D eigenvalue weighted by Gasteiger charge is 2.16. The summed E-state index contributed by atoms with van der Waals surface area (Å²) in [4.78, 5) is 28.6. The van der Waals surface area contributed by atoms with Gasteiger partial charge in [0.25, 0.3) is 0 Å². The molecular formula is C22H30N4O3S. The molecule has 162 valence electrons. The molecule has 0 bridgehead atoms. The van der Waals surface area contributed by atoms with Crippen molar-refractivity contribution in [2.24, 2.45) is 0 Å². The second kappa shape index (κ2) is 11.5. The number of anilines is 1. The van der Waals surface area contributed by atoms with Crippen LogP contribution in [0.4, 0.5) is 9.93 Å². The monoisotopic (exact) mass is 430 g/mol. The third-order valence-electron chi connectivity index (χ3n) is 5.22. The molecule has 1 saturated carbocycles. The summed E-state index contributed by atoms with van der Waals surface area (Å²) in [6.45, 7) is 0.594. The molecule has 2 aromatic rings. The Hall–Kier alpha value is -2.61. The lowest BCUT2D eigenvalue weighted by Gasteiger charge is -2.22. The van der Waals surface area contributed by atoms with E-state index in [4.69, 9.17) is 4.74 Å². The van der Waals surface area contributed by atoms with Gasteiger partial charge in [-0.25, -0.2) is 9.78 Å². The van der Waals surface area contributed by atoms with Gasteiger partial charge in [-0.1, -0.05) is 31.4 Å². The molecule has 0 saturated heterocycles. The fourth-order valence-electron chi connectivity index (χ4n) is 3.51. The van der Waals surface area contributed by atoms with Gasteiger partial charge in [0, 0.05) is 24.4 Å². The summed E-state index contributed by atoms with van der Waals surface area (Å²) in [6, 6.07) is 7.90. The summed E-state index contributed by atoms with van der Waals surface area (Å²) in [7, 11) is 1.64. The van der Waals surface area contributed by atoms with Crippen LogP contribution in [-0.2, 0) is 17.6 Å². The maximum atomic E-state index is 12.1. The zero-order chi connectivity index (χ0) is 21.2. The molecule has 3 amide bonds. The SMILES string of the molecule is COc1ccc(CCNC(=O)CCc2csc(NC(=O)NC3CCCCC3)n2)cc1. The first kappa shape index (κ1) is 22.1. The molecule has 0 radical (unpaired) electrons. The lowest BCUT2D eigenvalue weighted by Crippen LogP contribution is -2.39. The number of benzene rings is 1. The highest BCUT2D eigenvalue weighted by Crippen LogP contribution is 2.19. The van der Waals surface area contributed by atoms with Crippen LogP contribution in [0.3, 0.4) is 0 Å². The zero-order valence-electron chi connectivity index (χ0n) is 17.4. The Labute approximate surface area is 181 Å². The second-order valence-corrected chi connectivity index (χ2v) is 8.38. The van der Waals surface area contributed by atoms with Gasteiger partial charge in [0.15, 0.2) is 5.13 Å². The van der Waals surface area contributed by atoms with Gasteiger partial charge in [0.05, 0.1) is 12.8 Å². The molecule has 1 aromatic carbocycles. The van der Waals surface area contributed by atoms with Gasteiger partial charge in [0.1, 0.15) is 5.75 Å². The lowest BCUT2D eigenvalue weighted by atomic mass is 9.96. The summed E-state index contributed by atoms with van der Waals surface area (Å²) in [6.07, 6.45) is 7.40. The van der Waals surface area contributed by atoms with Crippen molar-refractivity contribution < 1.29 is 14.3 Å². The maximum absolute atomic E-state index is 12.1. The average molecular weight is 431 g/mol. The molecule has 3 rings (SSSR count). The number of nitrogens with zero attached hydrogens (tertiary/aromatic N) is 1. The number of hydrogen-bond acceptors (Lipinski definition) is 5. The number of carbonyl (C=O) groups excluding carboxylic acids is 2. The topological polar surface area (TPSA) is 92.4 Å². The summed E-state index contributed by atoms with van der Waals surface area (Å²) in [5, 5.41) is 11.2. The summed E-state index contributed by atoms with van der Waals surface area (Å²) in [5.41, 5.74) is 1.97. The Bertz CT molecular complexity index is 816. The van der Waals surface area contributed by atoms with E-state index in [2.05, 4.69) is 20.9 Å². The molecule has 1 heterocycles. The molecule has 0 unspecified atom stereocenters. The molecular weight excluding hydrogens is 400 g/mol. The summed E-state index contributed by atoms with van der Waals surface area (Å²) < 4.78 is 5.14. The maximum Gasteiger partial charge on any atom is 0.321 e. The van der Waals surface area contributed by atoms with Crippen molar-refractivity contribution in [2.45, 2.75) is 57.4 Å². The van der Waals surface area contributed by atoms with Crippen LogP contribution in [-0.4, -0.2) is 36.6 Å². The number of thiazole rings is 1. The molecule has 30 heavy (non-hydrogen) atoms. The molecule has 0 atom stereocenters. The fourth-order valence-corrected chi connectivity index (χ4v) is 4.25. The molecule has 1 aliphatic carbocycles. The number of aryl methyl sites for hydroxylation is 1. The Morgan fingerprint density at radius 1 is 1.13 bits per heavy atom. The van der Waals surface area contributed by atoms with Gasteiger partial charge in [-0.2, -0.15) is 0 Å². The minimum Gasteiger partial charge on any atom is -0.497 e. The van der Waals surface area contributed by atoms with Crippen molar-refractivity contribution in [3.05, 3.63) is 40.9 Å². The summed E-state index contributed by atoms with van der Waals surface area (Å²) >= 11 is 1.38. The van der Waals surface area contributed by atoms with Crippen LogP contribution in [0.2, 0.25) is 0 Å². The number of aromatic nitrogens is 1. The third-order valence-corrected chi connectivity index (χ3v) is 6.02. The molecule has 1 aromatic heterocycles. The van der Waals surface area contributed by atoms with E-state index in [1.807, 2.05) is 29.6 Å². The van der Waals surface area contributed by atoms with E-state index in [0.29, 0.717) is 24.5 Å². The van der Waals surface area contributed by atoms with Crippen LogP contribution in [0, 0.1) is 0 Å². The number of ether oxygens (including phenoxy) is 1. The van der Waals surface area contributed by atoms with Gasteiger partial charge in [0.2, 0.25) is 5.91 Å². The van der Waals surface area contributed by atoms with Crippen LogP contribution < -0.4 is 20.7 Å². The third kappa shape index (κ3) is 7.33. The minimum absolute atomic E-state index is 0.000984. The minimum atomic E-state index is -0.195. The van der Waals surface area contributed by atoms with Crippen LogP contribution in [0.5, 0.6) is 5.75 Å². The van der Waals surface area contributed by atoms with E-state index in [0.717, 1.165) is 36.3 Å². The van der Waals surface area contributed by atoms with E-state index in [9.17, 15) is 9.59 Å². The lowest BCUT2D eigenvalue weighted by molar-refractivity contribution is -0.121.